The van der Waals surface area contributed by atoms with E-state index in [0.717, 1.165) is 44.2 Å². The van der Waals surface area contributed by atoms with Crippen LogP contribution in [0.3, 0.4) is 0 Å². The maximum Gasteiger partial charge on any atom is 0.222 e. The van der Waals surface area contributed by atoms with Crippen molar-refractivity contribution >= 4 is 17.5 Å². The zero-order chi connectivity index (χ0) is 17.6. The fourth-order valence-corrected chi connectivity index (χ4v) is 3.61. The normalized spacial score (nSPS) is 20.4. The van der Waals surface area contributed by atoms with E-state index in [1.165, 1.54) is 25.7 Å². The molecular weight excluding hydrogens is 314 g/mol. The minimum absolute atomic E-state index is 0.292. The lowest BCUT2D eigenvalue weighted by atomic mass is 9.93. The Kier molecular flexibility index (Phi) is 6.10. The second kappa shape index (κ2) is 8.50. The Bertz CT molecular complexity index is 571. The van der Waals surface area contributed by atoms with Crippen molar-refractivity contribution in [3.8, 4) is 0 Å². The molecule has 1 amide bonds. The first-order valence-corrected chi connectivity index (χ1v) is 9.80. The van der Waals surface area contributed by atoms with E-state index in [2.05, 4.69) is 26.3 Å². The minimum Gasteiger partial charge on any atom is -0.367 e. The Morgan fingerprint density at radius 1 is 1.28 bits per heavy atom. The Morgan fingerprint density at radius 3 is 2.80 bits per heavy atom. The summed E-state index contributed by atoms with van der Waals surface area (Å²) in [5, 5.41) is 3.44. The maximum absolute atomic E-state index is 12.2. The van der Waals surface area contributed by atoms with Crippen LogP contribution in [-0.4, -0.2) is 53.0 Å². The number of amides is 1. The van der Waals surface area contributed by atoms with Crippen LogP contribution in [-0.2, 0) is 4.79 Å². The van der Waals surface area contributed by atoms with Gasteiger partial charge in [-0.1, -0.05) is 0 Å². The summed E-state index contributed by atoms with van der Waals surface area (Å²) in [7, 11) is 0. The van der Waals surface area contributed by atoms with Gasteiger partial charge in [0.25, 0.3) is 0 Å². The van der Waals surface area contributed by atoms with Gasteiger partial charge in [0, 0.05) is 44.7 Å². The van der Waals surface area contributed by atoms with Gasteiger partial charge in [0.1, 0.15) is 18.0 Å². The van der Waals surface area contributed by atoms with Crippen molar-refractivity contribution in [2.24, 2.45) is 5.92 Å². The van der Waals surface area contributed by atoms with Crippen LogP contribution in [0.15, 0.2) is 12.4 Å². The molecule has 1 aromatic heterocycles. The van der Waals surface area contributed by atoms with Gasteiger partial charge in [0.2, 0.25) is 5.91 Å². The van der Waals surface area contributed by atoms with Crippen molar-refractivity contribution in [3.63, 3.8) is 0 Å². The average molecular weight is 345 g/mol. The lowest BCUT2D eigenvalue weighted by Crippen LogP contribution is -2.37. The Labute approximate surface area is 151 Å². The van der Waals surface area contributed by atoms with Gasteiger partial charge in [-0.3, -0.25) is 4.79 Å². The molecule has 2 heterocycles. The predicted molar refractivity (Wildman–Crippen MR) is 101 cm³/mol. The summed E-state index contributed by atoms with van der Waals surface area (Å²) in [5.41, 5.74) is 0. The quantitative estimate of drug-likeness (QED) is 0.785. The summed E-state index contributed by atoms with van der Waals surface area (Å²) in [5.74, 6) is 2.81. The number of anilines is 2. The second-order valence-electron chi connectivity index (χ2n) is 7.24. The molecule has 6 heteroatoms. The number of hydrogen-bond donors (Lipinski definition) is 1. The molecule has 1 N–H and O–H groups in total. The molecule has 0 unspecified atom stereocenters. The van der Waals surface area contributed by atoms with Gasteiger partial charge >= 0.3 is 0 Å². The van der Waals surface area contributed by atoms with E-state index >= 15 is 0 Å². The molecule has 3 rings (SSSR count). The largest absolute Gasteiger partial charge is 0.367 e. The number of carbonyl (C=O) groups is 1. The minimum atomic E-state index is 0.292. The molecule has 0 radical (unpaired) electrons. The van der Waals surface area contributed by atoms with Crippen LogP contribution in [0.2, 0.25) is 0 Å². The summed E-state index contributed by atoms with van der Waals surface area (Å²) in [4.78, 5) is 25.3. The van der Waals surface area contributed by atoms with Gasteiger partial charge < -0.3 is 15.1 Å². The fraction of sp³-hybridized carbons (Fsp3) is 0.737. The Hall–Kier alpha value is -1.85. The highest BCUT2D eigenvalue weighted by Crippen LogP contribution is 2.28. The van der Waals surface area contributed by atoms with Gasteiger partial charge in [0.15, 0.2) is 0 Å². The lowest BCUT2D eigenvalue weighted by Gasteiger charge is -2.34. The first kappa shape index (κ1) is 18.0. The van der Waals surface area contributed by atoms with E-state index in [0.29, 0.717) is 24.3 Å². The Balaban J connectivity index is 1.53. The highest BCUT2D eigenvalue weighted by Gasteiger charge is 2.24. The van der Waals surface area contributed by atoms with Crippen LogP contribution in [0.5, 0.6) is 0 Å². The summed E-state index contributed by atoms with van der Waals surface area (Å²) < 4.78 is 0. The molecule has 138 valence electrons. The molecule has 25 heavy (non-hydrogen) atoms. The van der Waals surface area contributed by atoms with E-state index in [4.69, 9.17) is 0 Å². The van der Waals surface area contributed by atoms with Crippen molar-refractivity contribution in [1.29, 1.82) is 0 Å². The van der Waals surface area contributed by atoms with Crippen LogP contribution >= 0.6 is 0 Å². The molecule has 1 saturated heterocycles. The number of rotatable bonds is 8. The first-order valence-electron chi connectivity index (χ1n) is 9.80. The number of carbonyl (C=O) groups excluding carboxylic acids is 1. The van der Waals surface area contributed by atoms with E-state index in [1.807, 2.05) is 18.7 Å². The molecule has 1 atom stereocenters. The summed E-state index contributed by atoms with van der Waals surface area (Å²) in [6.07, 6.45) is 8.16. The van der Waals surface area contributed by atoms with Crippen LogP contribution in [0.4, 0.5) is 11.6 Å². The molecular formula is C19H31N5O. The molecule has 1 aromatic rings. The molecule has 6 nitrogen and oxygen atoms in total. The molecule has 2 fully saturated rings. The second-order valence-corrected chi connectivity index (χ2v) is 7.24. The van der Waals surface area contributed by atoms with Gasteiger partial charge in [-0.2, -0.15) is 0 Å². The number of nitrogens with zero attached hydrogens (tertiary/aromatic N) is 4. The van der Waals surface area contributed by atoms with E-state index < -0.39 is 0 Å². The van der Waals surface area contributed by atoms with Crippen LogP contribution in [0, 0.1) is 5.92 Å². The summed E-state index contributed by atoms with van der Waals surface area (Å²) in [6.45, 7) is 7.75. The van der Waals surface area contributed by atoms with Crippen LogP contribution < -0.4 is 10.2 Å². The van der Waals surface area contributed by atoms with E-state index in [9.17, 15) is 4.79 Å². The molecule has 0 bridgehead atoms. The van der Waals surface area contributed by atoms with Gasteiger partial charge in [-0.25, -0.2) is 9.97 Å². The average Bonchev–Trinajstić information content (AvgIpc) is 3.45. The third-order valence-corrected chi connectivity index (χ3v) is 5.31. The van der Waals surface area contributed by atoms with E-state index in [1.54, 1.807) is 6.33 Å². The molecule has 0 aromatic carbocycles. The van der Waals surface area contributed by atoms with Gasteiger partial charge in [-0.15, -0.1) is 0 Å². The van der Waals surface area contributed by atoms with E-state index in [-0.39, 0.29) is 0 Å². The molecule has 1 saturated carbocycles. The zero-order valence-electron chi connectivity index (χ0n) is 15.6. The standard InChI is InChI=1S/C19H31N5O/c1-3-23(4-2)19(25)10-7-15-6-5-11-24(13-15)18-12-17(20-14-21-18)22-16-8-9-16/h12,14-16H,3-11,13H2,1-2H3,(H,20,21,22)/t15-/m0/s1. The molecule has 2 aliphatic rings. The smallest absolute Gasteiger partial charge is 0.222 e. The van der Waals surface area contributed by atoms with Crippen LogP contribution in [0.25, 0.3) is 0 Å². The summed E-state index contributed by atoms with van der Waals surface area (Å²) >= 11 is 0. The number of hydrogen-bond acceptors (Lipinski definition) is 5. The highest BCUT2D eigenvalue weighted by atomic mass is 16.2. The highest BCUT2D eigenvalue weighted by molar-refractivity contribution is 5.76. The monoisotopic (exact) mass is 345 g/mol. The van der Waals surface area contributed by atoms with Gasteiger partial charge in [0.05, 0.1) is 0 Å². The first-order chi connectivity index (χ1) is 12.2. The third-order valence-electron chi connectivity index (χ3n) is 5.31. The van der Waals surface area contributed by atoms with Crippen molar-refractivity contribution in [2.45, 2.75) is 58.4 Å². The lowest BCUT2D eigenvalue weighted by molar-refractivity contribution is -0.131. The van der Waals surface area contributed by atoms with Gasteiger partial charge in [-0.05, 0) is 51.9 Å². The van der Waals surface area contributed by atoms with Crippen molar-refractivity contribution < 1.29 is 4.79 Å². The number of aromatic nitrogens is 2. The topological polar surface area (TPSA) is 61.4 Å². The fourth-order valence-electron chi connectivity index (χ4n) is 3.61. The number of piperidine rings is 1. The predicted octanol–water partition coefficient (Wildman–Crippen LogP) is 2.92. The molecule has 1 aliphatic heterocycles. The van der Waals surface area contributed by atoms with Crippen LogP contribution in [0.1, 0.15) is 52.4 Å². The third kappa shape index (κ3) is 5.06. The Morgan fingerprint density at radius 2 is 2.08 bits per heavy atom. The zero-order valence-corrected chi connectivity index (χ0v) is 15.6. The maximum atomic E-state index is 12.2. The summed E-state index contributed by atoms with van der Waals surface area (Å²) in [6, 6.07) is 2.67. The molecule has 0 spiro atoms. The van der Waals surface area contributed by atoms with Crippen molar-refractivity contribution in [3.05, 3.63) is 12.4 Å². The SMILES string of the molecule is CCN(CC)C(=O)CC[C@@H]1CCCN(c2cc(NC3CC3)ncn2)C1. The van der Waals surface area contributed by atoms with Crippen molar-refractivity contribution in [1.82, 2.24) is 14.9 Å². The number of nitrogens with one attached hydrogen (secondary N) is 1. The van der Waals surface area contributed by atoms with Crippen molar-refractivity contribution in [2.75, 3.05) is 36.4 Å². The molecule has 1 aliphatic carbocycles.